The van der Waals surface area contributed by atoms with Crippen LogP contribution in [-0.2, 0) is 32.8 Å². The van der Waals surface area contributed by atoms with Crippen LogP contribution in [-0.4, -0.2) is 92.6 Å². The van der Waals surface area contributed by atoms with E-state index in [0.717, 1.165) is 16.7 Å². The van der Waals surface area contributed by atoms with Gasteiger partial charge in [-0.3, -0.25) is 19.4 Å². The number of nitrogens with one attached hydrogen (secondary N) is 2. The monoisotopic (exact) mass is 693 g/mol. The lowest BCUT2D eigenvalue weighted by Crippen LogP contribution is -2.39. The van der Waals surface area contributed by atoms with Gasteiger partial charge in [0.2, 0.25) is 0 Å². The van der Waals surface area contributed by atoms with Gasteiger partial charge in [0.15, 0.2) is 24.7 Å². The first-order valence-electron chi connectivity index (χ1n) is 15.2. The number of rotatable bonds is 9. The van der Waals surface area contributed by atoms with Crippen molar-refractivity contribution in [1.82, 2.24) is 14.8 Å². The molecule has 3 aromatic carbocycles. The molecule has 3 heterocycles. The summed E-state index contributed by atoms with van der Waals surface area (Å²) in [5.74, 6) is 0.182. The van der Waals surface area contributed by atoms with Gasteiger partial charge in [0.25, 0.3) is 11.8 Å². The van der Waals surface area contributed by atoms with Crippen LogP contribution in [0, 0.1) is 0 Å². The molecule has 2 N–H and O–H groups in total. The maximum absolute atomic E-state index is 12.9. The minimum Gasteiger partial charge on any atom is -0.322 e. The fourth-order valence-electron chi connectivity index (χ4n) is 5.41. The molecular weight excluding hydrogens is 659 g/mol. The minimum atomic E-state index is -2.92. The lowest BCUT2D eigenvalue weighted by molar-refractivity contribution is 0.101. The predicted octanol–water partition coefficient (Wildman–Crippen LogP) is 3.78. The number of nitrogens with zero attached hydrogens (tertiary/aromatic N) is 3. The van der Waals surface area contributed by atoms with Gasteiger partial charge in [0.1, 0.15) is 0 Å². The highest BCUT2D eigenvalue weighted by Gasteiger charge is 2.22. The minimum absolute atomic E-state index is 0.187. The summed E-state index contributed by atoms with van der Waals surface area (Å²) in [6, 6.07) is 22.1. The van der Waals surface area contributed by atoms with Gasteiger partial charge < -0.3 is 10.6 Å². The summed E-state index contributed by atoms with van der Waals surface area (Å²) in [5, 5.41) is 7.90. The van der Waals surface area contributed by atoms with E-state index in [1.165, 1.54) is 11.3 Å². The highest BCUT2D eigenvalue weighted by molar-refractivity contribution is 7.91. The summed E-state index contributed by atoms with van der Waals surface area (Å²) in [6.45, 7) is 3.43. The number of hydrogen-bond donors (Lipinski definition) is 2. The highest BCUT2D eigenvalue weighted by Crippen LogP contribution is 2.24. The summed E-state index contributed by atoms with van der Waals surface area (Å²) in [6.07, 6.45) is 0. The molecule has 4 aromatic rings. The second kappa shape index (κ2) is 14.0. The van der Waals surface area contributed by atoms with Gasteiger partial charge in [-0.15, -0.1) is 11.3 Å². The van der Waals surface area contributed by atoms with Crippen LogP contribution in [0.15, 0.2) is 78.2 Å². The Kier molecular flexibility index (Phi) is 9.85. The maximum Gasteiger partial charge on any atom is 0.284 e. The van der Waals surface area contributed by atoms with Crippen LogP contribution in [0.3, 0.4) is 0 Å². The van der Waals surface area contributed by atoms with E-state index in [0.29, 0.717) is 66.9 Å². The van der Waals surface area contributed by atoms with Gasteiger partial charge in [-0.1, -0.05) is 36.4 Å². The molecule has 0 aliphatic carbocycles. The van der Waals surface area contributed by atoms with E-state index in [1.807, 2.05) is 48.5 Å². The molecule has 0 saturated carbocycles. The van der Waals surface area contributed by atoms with Crippen molar-refractivity contribution in [1.29, 1.82) is 0 Å². The molecule has 47 heavy (non-hydrogen) atoms. The summed E-state index contributed by atoms with van der Waals surface area (Å²) in [7, 11) is -5.83. The first-order chi connectivity index (χ1) is 22.5. The Labute approximate surface area is 278 Å². The molecule has 2 aliphatic heterocycles. The molecule has 11 nitrogen and oxygen atoms in total. The normalized spacial score (nSPS) is 18.0. The second-order valence-corrected chi connectivity index (χ2v) is 17.2. The molecule has 2 fully saturated rings. The smallest absolute Gasteiger partial charge is 0.284 e. The number of amides is 2. The van der Waals surface area contributed by atoms with Crippen molar-refractivity contribution >= 4 is 54.2 Å². The fraction of sp³-hybridized carbons (Fsp3) is 0.303. The lowest BCUT2D eigenvalue weighted by Gasteiger charge is -2.26. The van der Waals surface area contributed by atoms with Crippen LogP contribution in [0.2, 0.25) is 0 Å². The van der Waals surface area contributed by atoms with E-state index in [1.54, 1.807) is 29.6 Å². The van der Waals surface area contributed by atoms with E-state index in [2.05, 4.69) is 25.4 Å². The number of aromatic nitrogens is 1. The van der Waals surface area contributed by atoms with E-state index in [4.69, 9.17) is 0 Å². The number of thiazole rings is 1. The van der Waals surface area contributed by atoms with Crippen molar-refractivity contribution in [2.75, 3.05) is 59.8 Å². The maximum atomic E-state index is 12.9. The summed E-state index contributed by atoms with van der Waals surface area (Å²) in [5.41, 5.74) is 5.28. The number of carbonyl (C=O) groups excluding carboxylic acids is 2. The molecule has 0 bridgehead atoms. The van der Waals surface area contributed by atoms with Gasteiger partial charge in [0, 0.05) is 67.2 Å². The first-order valence-corrected chi connectivity index (χ1v) is 19.7. The van der Waals surface area contributed by atoms with Crippen molar-refractivity contribution in [2.24, 2.45) is 0 Å². The molecule has 0 atom stereocenters. The van der Waals surface area contributed by atoms with Crippen molar-refractivity contribution in [3.8, 4) is 11.3 Å². The van der Waals surface area contributed by atoms with E-state index < -0.39 is 19.7 Å². The van der Waals surface area contributed by atoms with E-state index >= 15 is 0 Å². The molecule has 2 aliphatic rings. The van der Waals surface area contributed by atoms with Crippen molar-refractivity contribution in [3.05, 3.63) is 99.9 Å². The number of anilines is 2. The Hall–Kier alpha value is -3.95. The molecular formula is C33H35N5O6S3. The molecule has 2 saturated heterocycles. The van der Waals surface area contributed by atoms with Gasteiger partial charge in [0.05, 0.1) is 28.7 Å². The van der Waals surface area contributed by atoms with Crippen LogP contribution in [0.4, 0.5) is 11.4 Å². The molecule has 0 spiro atoms. The van der Waals surface area contributed by atoms with Crippen LogP contribution >= 0.6 is 11.3 Å². The van der Waals surface area contributed by atoms with Gasteiger partial charge in [-0.25, -0.2) is 21.8 Å². The molecule has 246 valence electrons. The average Bonchev–Trinajstić information content (AvgIpc) is 3.56. The molecule has 0 radical (unpaired) electrons. The third kappa shape index (κ3) is 8.90. The van der Waals surface area contributed by atoms with Crippen LogP contribution < -0.4 is 10.6 Å². The van der Waals surface area contributed by atoms with Gasteiger partial charge in [-0.05, 0) is 47.5 Å². The standard InChI is InChI=1S/C33H35N5O6S3/c39-31(34-28-9-1-24(2-10-28)21-37-13-17-46(41,42)18-14-37)27-7-5-26(6-8-27)30-23-45-33(36-30)32(40)35-29-11-3-25(4-12-29)22-38-15-19-47(43,44)20-16-38/h1-12,23H,13-22H2,(H,34,39)(H,35,40). The van der Waals surface area contributed by atoms with Gasteiger partial charge in [-0.2, -0.15) is 0 Å². The largest absolute Gasteiger partial charge is 0.322 e. The zero-order chi connectivity index (χ0) is 33.0. The number of benzene rings is 3. The molecule has 14 heteroatoms. The number of hydrogen-bond acceptors (Lipinski definition) is 10. The van der Waals surface area contributed by atoms with Crippen molar-refractivity contribution in [3.63, 3.8) is 0 Å². The SMILES string of the molecule is O=C(Nc1ccc(CN2CCS(=O)(=O)CC2)cc1)c1ccc(-c2csc(C(=O)Nc3ccc(CN4CCS(=O)(=O)CC4)cc3)n2)cc1. The zero-order valence-electron chi connectivity index (χ0n) is 25.6. The van der Waals surface area contributed by atoms with Crippen LogP contribution in [0.25, 0.3) is 11.3 Å². The zero-order valence-corrected chi connectivity index (χ0v) is 28.0. The second-order valence-electron chi connectivity index (χ2n) is 11.8. The number of sulfone groups is 2. The topological polar surface area (TPSA) is 146 Å². The summed E-state index contributed by atoms with van der Waals surface area (Å²) in [4.78, 5) is 34.5. The fourth-order valence-corrected chi connectivity index (χ4v) is 8.69. The summed E-state index contributed by atoms with van der Waals surface area (Å²) < 4.78 is 46.6. The van der Waals surface area contributed by atoms with Crippen molar-refractivity contribution < 1.29 is 26.4 Å². The van der Waals surface area contributed by atoms with Gasteiger partial charge >= 0.3 is 0 Å². The van der Waals surface area contributed by atoms with Crippen molar-refractivity contribution in [2.45, 2.75) is 13.1 Å². The summed E-state index contributed by atoms with van der Waals surface area (Å²) >= 11 is 1.23. The third-order valence-corrected chi connectivity index (χ3v) is 12.3. The van der Waals surface area contributed by atoms with Crippen LogP contribution in [0.5, 0.6) is 0 Å². The Morgan fingerprint density at radius 2 is 1.09 bits per heavy atom. The Morgan fingerprint density at radius 1 is 0.638 bits per heavy atom. The molecule has 6 rings (SSSR count). The van der Waals surface area contributed by atoms with E-state index in [9.17, 15) is 26.4 Å². The van der Waals surface area contributed by atoms with E-state index in [-0.39, 0.29) is 34.8 Å². The average molecular weight is 694 g/mol. The molecule has 2 amide bonds. The first kappa shape index (κ1) is 33.0. The molecule has 0 unspecified atom stereocenters. The molecule has 1 aromatic heterocycles. The lowest BCUT2D eigenvalue weighted by atomic mass is 10.1. The quantitative estimate of drug-likeness (QED) is 0.268. The predicted molar refractivity (Wildman–Crippen MR) is 184 cm³/mol. The third-order valence-electron chi connectivity index (χ3n) is 8.25. The highest BCUT2D eigenvalue weighted by atomic mass is 32.2. The Morgan fingerprint density at radius 3 is 1.55 bits per heavy atom. The Bertz CT molecular complexity index is 1930. The van der Waals surface area contributed by atoms with Crippen LogP contribution in [0.1, 0.15) is 31.3 Å². The Balaban J connectivity index is 0.988. The number of carbonyl (C=O) groups is 2.